The third kappa shape index (κ3) is 3.85. The van der Waals surface area contributed by atoms with Gasteiger partial charge in [-0.05, 0) is 41.5 Å². The summed E-state index contributed by atoms with van der Waals surface area (Å²) in [5, 5.41) is 4.17. The Labute approximate surface area is 114 Å². The van der Waals surface area contributed by atoms with E-state index in [1.807, 2.05) is 6.92 Å². The molecular formula is C16H22N2O. The van der Waals surface area contributed by atoms with Crippen LogP contribution in [-0.4, -0.2) is 10.9 Å². The zero-order chi connectivity index (χ0) is 14.0. The molecule has 0 spiro atoms. The van der Waals surface area contributed by atoms with E-state index in [-0.39, 0.29) is 11.3 Å². The van der Waals surface area contributed by atoms with Crippen LogP contribution in [0.1, 0.15) is 38.4 Å². The summed E-state index contributed by atoms with van der Waals surface area (Å²) in [4.78, 5) is 15.1. The quantitative estimate of drug-likeness (QED) is 0.869. The van der Waals surface area contributed by atoms with Crippen molar-refractivity contribution in [3.63, 3.8) is 0 Å². The predicted octanol–water partition coefficient (Wildman–Crippen LogP) is 3.53. The molecule has 0 aliphatic rings. The number of H-pyrrole nitrogens is 1. The number of nitrogens with one attached hydrogen (secondary N) is 2. The van der Waals surface area contributed by atoms with Crippen LogP contribution >= 0.6 is 0 Å². The standard InChI is InChI=1S/C16H22N2O/c1-11-7-13-8-12(5-6-14(13)18-11)10-17-15(19)9-16(2,3)4/h5-8,18H,9-10H2,1-4H3,(H,17,19). The lowest BCUT2D eigenvalue weighted by molar-refractivity contribution is -0.122. The zero-order valence-electron chi connectivity index (χ0n) is 12.1. The fourth-order valence-corrected chi connectivity index (χ4v) is 2.18. The molecule has 0 fully saturated rings. The van der Waals surface area contributed by atoms with Crippen molar-refractivity contribution in [2.75, 3.05) is 0 Å². The monoisotopic (exact) mass is 258 g/mol. The highest BCUT2D eigenvalue weighted by Crippen LogP contribution is 2.19. The van der Waals surface area contributed by atoms with Gasteiger partial charge in [-0.15, -0.1) is 0 Å². The van der Waals surface area contributed by atoms with Gasteiger partial charge in [-0.25, -0.2) is 0 Å². The number of carbonyl (C=O) groups excluding carboxylic acids is 1. The molecule has 0 aliphatic heterocycles. The van der Waals surface area contributed by atoms with Gasteiger partial charge in [-0.2, -0.15) is 0 Å². The Balaban J connectivity index is 1.99. The maximum absolute atomic E-state index is 11.8. The molecule has 19 heavy (non-hydrogen) atoms. The third-order valence-corrected chi connectivity index (χ3v) is 3.00. The highest BCUT2D eigenvalue weighted by molar-refractivity contribution is 5.81. The number of fused-ring (bicyclic) bond motifs is 1. The number of hydrogen-bond donors (Lipinski definition) is 2. The number of aryl methyl sites for hydroxylation is 1. The molecule has 2 aromatic rings. The fourth-order valence-electron chi connectivity index (χ4n) is 2.18. The topological polar surface area (TPSA) is 44.9 Å². The summed E-state index contributed by atoms with van der Waals surface area (Å²) in [6.07, 6.45) is 0.554. The van der Waals surface area contributed by atoms with Crippen LogP contribution in [-0.2, 0) is 11.3 Å². The minimum absolute atomic E-state index is 0.0335. The van der Waals surface area contributed by atoms with Crippen LogP contribution in [0.2, 0.25) is 0 Å². The second-order valence-electron chi connectivity index (χ2n) is 6.39. The summed E-state index contributed by atoms with van der Waals surface area (Å²) in [6, 6.07) is 8.36. The van der Waals surface area contributed by atoms with Gasteiger partial charge in [0.25, 0.3) is 0 Å². The van der Waals surface area contributed by atoms with Crippen LogP contribution in [0.15, 0.2) is 24.3 Å². The highest BCUT2D eigenvalue weighted by atomic mass is 16.1. The van der Waals surface area contributed by atoms with Gasteiger partial charge in [0.05, 0.1) is 0 Å². The van der Waals surface area contributed by atoms with Crippen LogP contribution in [0.25, 0.3) is 10.9 Å². The van der Waals surface area contributed by atoms with Crippen LogP contribution in [0.3, 0.4) is 0 Å². The van der Waals surface area contributed by atoms with E-state index in [2.05, 4.69) is 55.3 Å². The van der Waals surface area contributed by atoms with E-state index in [1.54, 1.807) is 0 Å². The second-order valence-corrected chi connectivity index (χ2v) is 6.39. The Morgan fingerprint density at radius 2 is 2.00 bits per heavy atom. The van der Waals surface area contributed by atoms with Crippen LogP contribution in [0.4, 0.5) is 0 Å². The average molecular weight is 258 g/mol. The van der Waals surface area contributed by atoms with Crippen LogP contribution < -0.4 is 5.32 Å². The molecule has 0 aliphatic carbocycles. The van der Waals surface area contributed by atoms with E-state index in [4.69, 9.17) is 0 Å². The lowest BCUT2D eigenvalue weighted by Gasteiger charge is -2.17. The average Bonchev–Trinajstić information content (AvgIpc) is 2.63. The van der Waals surface area contributed by atoms with Gasteiger partial charge in [0.1, 0.15) is 0 Å². The number of carbonyl (C=O) groups is 1. The number of rotatable bonds is 3. The zero-order valence-corrected chi connectivity index (χ0v) is 12.1. The minimum atomic E-state index is 0.0335. The Hall–Kier alpha value is -1.77. The maximum atomic E-state index is 11.8. The fraction of sp³-hybridized carbons (Fsp3) is 0.438. The summed E-state index contributed by atoms with van der Waals surface area (Å²) in [5.41, 5.74) is 3.46. The van der Waals surface area contributed by atoms with Crippen LogP contribution in [0, 0.1) is 12.3 Å². The molecule has 1 aromatic carbocycles. The minimum Gasteiger partial charge on any atom is -0.359 e. The van der Waals surface area contributed by atoms with Gasteiger partial charge in [0.15, 0.2) is 0 Å². The Morgan fingerprint density at radius 3 is 2.68 bits per heavy atom. The first-order valence-electron chi connectivity index (χ1n) is 6.68. The Kier molecular flexibility index (Phi) is 3.65. The summed E-state index contributed by atoms with van der Waals surface area (Å²) in [7, 11) is 0. The van der Waals surface area contributed by atoms with E-state index < -0.39 is 0 Å². The lowest BCUT2D eigenvalue weighted by Crippen LogP contribution is -2.27. The van der Waals surface area contributed by atoms with Crippen molar-refractivity contribution in [2.24, 2.45) is 5.41 Å². The van der Waals surface area contributed by atoms with Gasteiger partial charge in [-0.3, -0.25) is 4.79 Å². The Bertz CT molecular complexity index is 590. The predicted molar refractivity (Wildman–Crippen MR) is 79.0 cm³/mol. The molecule has 2 N–H and O–H groups in total. The van der Waals surface area contributed by atoms with Gasteiger partial charge >= 0.3 is 0 Å². The SMILES string of the molecule is Cc1cc2cc(CNC(=O)CC(C)(C)C)ccc2[nH]1. The molecule has 3 heteroatoms. The maximum Gasteiger partial charge on any atom is 0.220 e. The van der Waals surface area contributed by atoms with Crippen molar-refractivity contribution in [1.29, 1.82) is 0 Å². The van der Waals surface area contributed by atoms with E-state index in [9.17, 15) is 4.79 Å². The molecule has 102 valence electrons. The number of aromatic amines is 1. The summed E-state index contributed by atoms with van der Waals surface area (Å²) in [5.74, 6) is 0.109. The van der Waals surface area contributed by atoms with Gasteiger partial charge in [0, 0.05) is 24.2 Å². The third-order valence-electron chi connectivity index (χ3n) is 3.00. The number of aromatic nitrogens is 1. The van der Waals surface area contributed by atoms with Crippen molar-refractivity contribution < 1.29 is 4.79 Å². The molecule has 1 heterocycles. The Morgan fingerprint density at radius 1 is 1.26 bits per heavy atom. The van der Waals surface area contributed by atoms with E-state index in [1.165, 1.54) is 5.39 Å². The number of amides is 1. The molecule has 1 aromatic heterocycles. The second kappa shape index (κ2) is 5.08. The largest absolute Gasteiger partial charge is 0.359 e. The van der Waals surface area contributed by atoms with Gasteiger partial charge in [0.2, 0.25) is 5.91 Å². The molecule has 0 unspecified atom stereocenters. The molecule has 0 radical (unpaired) electrons. The van der Waals surface area contributed by atoms with Crippen LogP contribution in [0.5, 0.6) is 0 Å². The molecule has 3 nitrogen and oxygen atoms in total. The molecule has 0 atom stereocenters. The summed E-state index contributed by atoms with van der Waals surface area (Å²) in [6.45, 7) is 8.85. The first-order chi connectivity index (χ1) is 8.83. The smallest absolute Gasteiger partial charge is 0.220 e. The summed E-state index contributed by atoms with van der Waals surface area (Å²) < 4.78 is 0. The normalized spacial score (nSPS) is 11.8. The van der Waals surface area contributed by atoms with E-state index >= 15 is 0 Å². The molecule has 2 rings (SSSR count). The van der Waals surface area contributed by atoms with Gasteiger partial charge < -0.3 is 10.3 Å². The molecule has 1 amide bonds. The van der Waals surface area contributed by atoms with Crippen molar-refractivity contribution in [1.82, 2.24) is 10.3 Å². The molecular weight excluding hydrogens is 236 g/mol. The van der Waals surface area contributed by atoms with Crippen molar-refractivity contribution >= 4 is 16.8 Å². The number of benzene rings is 1. The molecule has 0 saturated carbocycles. The molecule has 0 saturated heterocycles. The highest BCUT2D eigenvalue weighted by Gasteiger charge is 2.15. The molecule has 0 bridgehead atoms. The first-order valence-corrected chi connectivity index (χ1v) is 6.68. The summed E-state index contributed by atoms with van der Waals surface area (Å²) >= 11 is 0. The van der Waals surface area contributed by atoms with Gasteiger partial charge in [-0.1, -0.05) is 26.8 Å². The van der Waals surface area contributed by atoms with E-state index in [0.717, 1.165) is 16.8 Å². The van der Waals surface area contributed by atoms with E-state index in [0.29, 0.717) is 13.0 Å². The van der Waals surface area contributed by atoms with Crippen molar-refractivity contribution in [2.45, 2.75) is 40.7 Å². The first kappa shape index (κ1) is 13.7. The van der Waals surface area contributed by atoms with Crippen molar-refractivity contribution in [3.05, 3.63) is 35.5 Å². The lowest BCUT2D eigenvalue weighted by atomic mass is 9.92. The number of hydrogen-bond acceptors (Lipinski definition) is 1. The van der Waals surface area contributed by atoms with Crippen molar-refractivity contribution in [3.8, 4) is 0 Å².